The topological polar surface area (TPSA) is 40.5 Å². The normalized spacial score (nSPS) is 24.3. The Balaban J connectivity index is 1.73. The van der Waals surface area contributed by atoms with Crippen LogP contribution in [0.5, 0.6) is 0 Å². The SMILES string of the molecule is O=C(O)C1CCCCCN1Cc1cccc(C2CC2)c1. The molecule has 3 nitrogen and oxygen atoms in total. The molecule has 1 aromatic carbocycles. The van der Waals surface area contributed by atoms with Crippen LogP contribution in [-0.2, 0) is 11.3 Å². The van der Waals surface area contributed by atoms with Crippen molar-refractivity contribution in [2.45, 2.75) is 57.0 Å². The Labute approximate surface area is 120 Å². The molecule has 1 unspecified atom stereocenters. The number of rotatable bonds is 4. The van der Waals surface area contributed by atoms with Gasteiger partial charge in [-0.2, -0.15) is 0 Å². The number of hydrogen-bond donors (Lipinski definition) is 1. The van der Waals surface area contributed by atoms with E-state index in [1.807, 2.05) is 0 Å². The smallest absolute Gasteiger partial charge is 0.320 e. The monoisotopic (exact) mass is 273 g/mol. The number of aliphatic carboxylic acids is 1. The second-order valence-electron chi connectivity index (χ2n) is 6.19. The number of likely N-dealkylation sites (tertiary alicyclic amines) is 1. The second kappa shape index (κ2) is 5.96. The van der Waals surface area contributed by atoms with Crippen LogP contribution in [0.1, 0.15) is 55.6 Å². The lowest BCUT2D eigenvalue weighted by atomic mass is 10.1. The molecule has 2 fully saturated rings. The maximum Gasteiger partial charge on any atom is 0.320 e. The summed E-state index contributed by atoms with van der Waals surface area (Å²) in [5, 5.41) is 9.42. The van der Waals surface area contributed by atoms with E-state index < -0.39 is 5.97 Å². The fourth-order valence-corrected chi connectivity index (χ4v) is 3.23. The molecule has 0 bridgehead atoms. The highest BCUT2D eigenvalue weighted by Crippen LogP contribution is 2.40. The summed E-state index contributed by atoms with van der Waals surface area (Å²) in [5.74, 6) is 0.0969. The molecule has 0 spiro atoms. The molecular weight excluding hydrogens is 250 g/mol. The second-order valence-corrected chi connectivity index (χ2v) is 6.19. The molecule has 1 aliphatic carbocycles. The van der Waals surface area contributed by atoms with Crippen molar-refractivity contribution >= 4 is 5.97 Å². The number of carbonyl (C=O) groups is 1. The molecule has 20 heavy (non-hydrogen) atoms. The van der Waals surface area contributed by atoms with Gasteiger partial charge in [0, 0.05) is 6.54 Å². The average molecular weight is 273 g/mol. The zero-order valence-corrected chi connectivity index (χ0v) is 11.9. The largest absolute Gasteiger partial charge is 0.480 e. The third-order valence-electron chi connectivity index (χ3n) is 4.53. The van der Waals surface area contributed by atoms with Gasteiger partial charge in [0.05, 0.1) is 0 Å². The third-order valence-corrected chi connectivity index (χ3v) is 4.53. The molecule has 3 heteroatoms. The van der Waals surface area contributed by atoms with E-state index in [4.69, 9.17) is 0 Å². The summed E-state index contributed by atoms with van der Waals surface area (Å²) in [6.45, 7) is 1.68. The molecular formula is C17H23NO2. The molecule has 1 aliphatic heterocycles. The fourth-order valence-electron chi connectivity index (χ4n) is 3.23. The van der Waals surface area contributed by atoms with Crippen LogP contribution in [-0.4, -0.2) is 28.6 Å². The first-order valence-electron chi connectivity index (χ1n) is 7.80. The van der Waals surface area contributed by atoms with Crippen molar-refractivity contribution in [3.8, 4) is 0 Å². The third kappa shape index (κ3) is 3.21. The minimum atomic E-state index is -0.662. The molecule has 108 valence electrons. The van der Waals surface area contributed by atoms with Gasteiger partial charge >= 0.3 is 5.97 Å². The first kappa shape index (κ1) is 13.6. The van der Waals surface area contributed by atoms with Gasteiger partial charge in [-0.25, -0.2) is 0 Å². The van der Waals surface area contributed by atoms with Crippen LogP contribution < -0.4 is 0 Å². The quantitative estimate of drug-likeness (QED) is 0.914. The van der Waals surface area contributed by atoms with E-state index in [0.29, 0.717) is 0 Å². The Morgan fingerprint density at radius 1 is 1.20 bits per heavy atom. The summed E-state index contributed by atoms with van der Waals surface area (Å²) < 4.78 is 0. The van der Waals surface area contributed by atoms with Crippen LogP contribution in [0.25, 0.3) is 0 Å². The molecule has 0 radical (unpaired) electrons. The highest BCUT2D eigenvalue weighted by molar-refractivity contribution is 5.73. The van der Waals surface area contributed by atoms with E-state index in [9.17, 15) is 9.90 Å². The highest BCUT2D eigenvalue weighted by Gasteiger charge is 2.28. The molecule has 1 heterocycles. The van der Waals surface area contributed by atoms with Crippen molar-refractivity contribution < 1.29 is 9.90 Å². The van der Waals surface area contributed by atoms with Crippen molar-refractivity contribution in [3.05, 3.63) is 35.4 Å². The first-order valence-corrected chi connectivity index (χ1v) is 7.80. The van der Waals surface area contributed by atoms with Gasteiger partial charge in [0.2, 0.25) is 0 Å². The summed E-state index contributed by atoms with van der Waals surface area (Å²) in [4.78, 5) is 13.6. The van der Waals surface area contributed by atoms with Crippen molar-refractivity contribution in [2.24, 2.45) is 0 Å². The number of carboxylic acid groups (broad SMARTS) is 1. The van der Waals surface area contributed by atoms with Gasteiger partial charge in [-0.15, -0.1) is 0 Å². The summed E-state index contributed by atoms with van der Waals surface area (Å²) in [7, 11) is 0. The van der Waals surface area contributed by atoms with Crippen molar-refractivity contribution in [1.29, 1.82) is 0 Å². The van der Waals surface area contributed by atoms with Gasteiger partial charge < -0.3 is 5.11 Å². The first-order chi connectivity index (χ1) is 9.74. The maximum atomic E-state index is 11.5. The van der Waals surface area contributed by atoms with Crippen LogP contribution in [0.4, 0.5) is 0 Å². The lowest BCUT2D eigenvalue weighted by Crippen LogP contribution is -2.40. The number of hydrogen-bond acceptors (Lipinski definition) is 2. The number of benzene rings is 1. The van der Waals surface area contributed by atoms with Crippen LogP contribution in [0.3, 0.4) is 0 Å². The lowest BCUT2D eigenvalue weighted by Gasteiger charge is -2.26. The summed E-state index contributed by atoms with van der Waals surface area (Å²) in [6, 6.07) is 8.44. The zero-order chi connectivity index (χ0) is 13.9. The minimum Gasteiger partial charge on any atom is -0.480 e. The summed E-state index contributed by atoms with van der Waals surface area (Å²) in [5.41, 5.74) is 2.70. The van der Waals surface area contributed by atoms with Gasteiger partial charge in [0.15, 0.2) is 0 Å². The molecule has 1 atom stereocenters. The van der Waals surface area contributed by atoms with E-state index >= 15 is 0 Å². The van der Waals surface area contributed by atoms with Gasteiger partial charge in [0.25, 0.3) is 0 Å². The van der Waals surface area contributed by atoms with Crippen molar-refractivity contribution in [3.63, 3.8) is 0 Å². The highest BCUT2D eigenvalue weighted by atomic mass is 16.4. The van der Waals surface area contributed by atoms with Gasteiger partial charge in [-0.1, -0.05) is 37.1 Å². The van der Waals surface area contributed by atoms with Crippen LogP contribution in [0.15, 0.2) is 24.3 Å². The lowest BCUT2D eigenvalue weighted by molar-refractivity contribution is -0.143. The Hall–Kier alpha value is -1.35. The summed E-state index contributed by atoms with van der Waals surface area (Å²) >= 11 is 0. The minimum absolute atomic E-state index is 0.304. The zero-order valence-electron chi connectivity index (χ0n) is 11.9. The Bertz CT molecular complexity index is 482. The van der Waals surface area contributed by atoms with Crippen molar-refractivity contribution in [2.75, 3.05) is 6.54 Å². The molecule has 2 aliphatic rings. The number of nitrogens with zero attached hydrogens (tertiary/aromatic N) is 1. The van der Waals surface area contributed by atoms with E-state index in [0.717, 1.165) is 44.7 Å². The maximum absolute atomic E-state index is 11.5. The predicted molar refractivity (Wildman–Crippen MR) is 78.7 cm³/mol. The molecule has 1 saturated heterocycles. The van der Waals surface area contributed by atoms with Crippen LogP contribution in [0.2, 0.25) is 0 Å². The van der Waals surface area contributed by atoms with Gasteiger partial charge in [0.1, 0.15) is 6.04 Å². The predicted octanol–water partition coefficient (Wildman–Crippen LogP) is 3.39. The van der Waals surface area contributed by atoms with Crippen LogP contribution in [0, 0.1) is 0 Å². The molecule has 0 aromatic heterocycles. The van der Waals surface area contributed by atoms with Crippen molar-refractivity contribution in [1.82, 2.24) is 4.90 Å². The van der Waals surface area contributed by atoms with E-state index in [-0.39, 0.29) is 6.04 Å². The molecule has 3 rings (SSSR count). The van der Waals surface area contributed by atoms with Crippen LogP contribution >= 0.6 is 0 Å². The Morgan fingerprint density at radius 2 is 2.05 bits per heavy atom. The van der Waals surface area contributed by atoms with E-state index in [1.54, 1.807) is 0 Å². The van der Waals surface area contributed by atoms with Gasteiger partial charge in [-0.05, 0) is 49.3 Å². The standard InChI is InChI=1S/C17H23NO2/c19-17(20)16-7-2-1-3-10-18(16)12-13-5-4-6-15(11-13)14-8-9-14/h4-6,11,14,16H,1-3,7-10,12H2,(H,19,20). The van der Waals surface area contributed by atoms with E-state index in [1.165, 1.54) is 24.0 Å². The molecule has 1 N–H and O–H groups in total. The molecule has 0 amide bonds. The Morgan fingerprint density at radius 3 is 2.80 bits per heavy atom. The average Bonchev–Trinajstić information content (AvgIpc) is 3.26. The fraction of sp³-hybridized carbons (Fsp3) is 0.588. The Kier molecular flexibility index (Phi) is 4.06. The van der Waals surface area contributed by atoms with Gasteiger partial charge in [-0.3, -0.25) is 9.69 Å². The molecule has 1 saturated carbocycles. The van der Waals surface area contributed by atoms with E-state index in [2.05, 4.69) is 29.2 Å². The summed E-state index contributed by atoms with van der Waals surface area (Å²) in [6.07, 6.45) is 6.72. The molecule has 1 aromatic rings. The number of carboxylic acids is 1.